The Morgan fingerprint density at radius 1 is 1.25 bits per heavy atom. The third-order valence-electron chi connectivity index (χ3n) is 2.90. The Hall–Kier alpha value is -1.14. The normalized spacial score (nSPS) is 13.9. The first-order chi connectivity index (χ1) is 9.42. The molecule has 2 atom stereocenters. The van der Waals surface area contributed by atoms with Gasteiger partial charge in [0, 0.05) is 0 Å². The van der Waals surface area contributed by atoms with Gasteiger partial charge in [-0.15, -0.1) is 0 Å². The predicted molar refractivity (Wildman–Crippen MR) is 78.9 cm³/mol. The highest BCUT2D eigenvalue weighted by molar-refractivity contribution is 5.87. The van der Waals surface area contributed by atoms with Crippen LogP contribution in [-0.2, 0) is 14.3 Å². The number of hydrogen-bond acceptors (Lipinski definition) is 5. The van der Waals surface area contributed by atoms with Gasteiger partial charge in [0.05, 0.1) is 12.6 Å². The van der Waals surface area contributed by atoms with E-state index in [1.165, 1.54) is 0 Å². The van der Waals surface area contributed by atoms with Crippen LogP contribution in [0.4, 0.5) is 0 Å². The van der Waals surface area contributed by atoms with Gasteiger partial charge in [0.15, 0.2) is 0 Å². The van der Waals surface area contributed by atoms with Crippen molar-refractivity contribution in [2.75, 3.05) is 13.2 Å². The van der Waals surface area contributed by atoms with E-state index >= 15 is 0 Å². The molecule has 0 aliphatic heterocycles. The van der Waals surface area contributed by atoms with Crippen LogP contribution >= 0.6 is 0 Å². The lowest BCUT2D eigenvalue weighted by molar-refractivity contribution is -0.148. The van der Waals surface area contributed by atoms with E-state index in [-0.39, 0.29) is 11.8 Å². The fraction of sp³-hybridized carbons (Fsp3) is 0.857. The van der Waals surface area contributed by atoms with Gasteiger partial charge in [0.25, 0.3) is 0 Å². The van der Waals surface area contributed by atoms with E-state index in [2.05, 4.69) is 5.32 Å². The second-order valence-electron chi connectivity index (χ2n) is 5.33. The highest BCUT2D eigenvalue weighted by Gasteiger charge is 2.25. The van der Waals surface area contributed by atoms with E-state index in [1.807, 2.05) is 13.8 Å². The second-order valence-corrected chi connectivity index (χ2v) is 5.33. The quantitative estimate of drug-likeness (QED) is 0.401. The predicted octanol–water partition coefficient (Wildman–Crippen LogP) is 0.537. The summed E-state index contributed by atoms with van der Waals surface area (Å²) < 4.78 is 4.97. The molecule has 0 unspecified atom stereocenters. The zero-order valence-corrected chi connectivity index (χ0v) is 12.9. The van der Waals surface area contributed by atoms with Crippen molar-refractivity contribution >= 4 is 11.9 Å². The summed E-state index contributed by atoms with van der Waals surface area (Å²) in [5, 5.41) is 2.69. The van der Waals surface area contributed by atoms with E-state index in [9.17, 15) is 9.59 Å². The Morgan fingerprint density at radius 2 is 1.90 bits per heavy atom. The van der Waals surface area contributed by atoms with Crippen molar-refractivity contribution in [1.82, 2.24) is 5.32 Å². The van der Waals surface area contributed by atoms with Crippen molar-refractivity contribution in [3.05, 3.63) is 0 Å². The molecule has 0 rings (SSSR count). The molecule has 0 radical (unpaired) electrons. The van der Waals surface area contributed by atoms with E-state index in [0.717, 1.165) is 12.8 Å². The number of unbranched alkanes of at least 4 members (excludes halogenated alkanes) is 1. The molecule has 0 fully saturated rings. The number of nitrogens with one attached hydrogen (secondary N) is 1. The molecule has 6 heteroatoms. The van der Waals surface area contributed by atoms with Crippen LogP contribution in [0.25, 0.3) is 0 Å². The smallest absolute Gasteiger partial charge is 0.328 e. The van der Waals surface area contributed by atoms with E-state index in [1.54, 1.807) is 6.92 Å². The average Bonchev–Trinajstić information content (AvgIpc) is 2.37. The van der Waals surface area contributed by atoms with Crippen LogP contribution < -0.4 is 16.8 Å². The molecule has 0 spiro atoms. The summed E-state index contributed by atoms with van der Waals surface area (Å²) in [6.45, 7) is 6.60. The fourth-order valence-electron chi connectivity index (χ4n) is 1.85. The largest absolute Gasteiger partial charge is 0.464 e. The molecule has 0 saturated carbocycles. The summed E-state index contributed by atoms with van der Waals surface area (Å²) in [6, 6.07) is -1.23. The molecule has 0 aromatic rings. The minimum absolute atomic E-state index is 0.276. The van der Waals surface area contributed by atoms with Gasteiger partial charge in [0.2, 0.25) is 5.91 Å². The van der Waals surface area contributed by atoms with E-state index in [0.29, 0.717) is 26.0 Å². The first-order valence-electron chi connectivity index (χ1n) is 7.35. The van der Waals surface area contributed by atoms with Gasteiger partial charge < -0.3 is 21.5 Å². The third kappa shape index (κ3) is 8.12. The molecule has 5 N–H and O–H groups in total. The topological polar surface area (TPSA) is 107 Å². The minimum atomic E-state index is -0.622. The zero-order chi connectivity index (χ0) is 15.5. The molecule has 6 nitrogen and oxygen atoms in total. The molecule has 0 aromatic heterocycles. The molecule has 0 heterocycles. The average molecular weight is 287 g/mol. The van der Waals surface area contributed by atoms with Crippen molar-refractivity contribution < 1.29 is 14.3 Å². The minimum Gasteiger partial charge on any atom is -0.464 e. The third-order valence-corrected chi connectivity index (χ3v) is 2.90. The Bertz CT molecular complexity index is 295. The molecular formula is C14H29N3O3. The van der Waals surface area contributed by atoms with Gasteiger partial charge in [-0.25, -0.2) is 4.79 Å². The highest BCUT2D eigenvalue weighted by Crippen LogP contribution is 2.07. The van der Waals surface area contributed by atoms with Crippen LogP contribution in [0.15, 0.2) is 0 Å². The van der Waals surface area contributed by atoms with Crippen LogP contribution in [0.3, 0.4) is 0 Å². The summed E-state index contributed by atoms with van der Waals surface area (Å²) in [4.78, 5) is 23.8. The molecule has 0 aliphatic carbocycles. The van der Waals surface area contributed by atoms with Crippen LogP contribution in [0.1, 0.15) is 46.5 Å². The van der Waals surface area contributed by atoms with Crippen LogP contribution in [0.2, 0.25) is 0 Å². The van der Waals surface area contributed by atoms with Crippen LogP contribution in [-0.4, -0.2) is 37.1 Å². The first-order valence-corrected chi connectivity index (χ1v) is 7.35. The molecule has 0 aliphatic rings. The maximum absolute atomic E-state index is 12.0. The van der Waals surface area contributed by atoms with Crippen LogP contribution in [0, 0.1) is 5.92 Å². The molecule has 20 heavy (non-hydrogen) atoms. The van der Waals surface area contributed by atoms with Gasteiger partial charge in [-0.05, 0) is 38.6 Å². The van der Waals surface area contributed by atoms with Gasteiger partial charge in [-0.2, -0.15) is 0 Å². The van der Waals surface area contributed by atoms with Gasteiger partial charge in [0.1, 0.15) is 6.04 Å². The lowest BCUT2D eigenvalue weighted by Gasteiger charge is -2.21. The van der Waals surface area contributed by atoms with Gasteiger partial charge in [-0.3, -0.25) is 4.79 Å². The number of hydrogen-bond donors (Lipinski definition) is 3. The molecule has 0 aromatic carbocycles. The van der Waals surface area contributed by atoms with Crippen LogP contribution in [0.5, 0.6) is 0 Å². The number of rotatable bonds is 10. The fourth-order valence-corrected chi connectivity index (χ4v) is 1.85. The Morgan fingerprint density at radius 3 is 2.40 bits per heavy atom. The monoisotopic (exact) mass is 287 g/mol. The SMILES string of the molecule is CCOC(=O)[C@H](CC(C)C)NC(=O)[C@@H](N)CCCCN. The highest BCUT2D eigenvalue weighted by atomic mass is 16.5. The maximum atomic E-state index is 12.0. The van der Waals surface area contributed by atoms with E-state index < -0.39 is 18.1 Å². The molecular weight excluding hydrogens is 258 g/mol. The van der Waals surface area contributed by atoms with Crippen molar-refractivity contribution in [2.45, 2.75) is 58.5 Å². The summed E-state index contributed by atoms with van der Waals surface area (Å²) in [6.07, 6.45) is 2.76. The number of nitrogens with two attached hydrogens (primary N) is 2. The number of carbonyl (C=O) groups excluding carboxylic acids is 2. The molecule has 118 valence electrons. The number of carbonyl (C=O) groups is 2. The van der Waals surface area contributed by atoms with Crippen molar-refractivity contribution in [2.24, 2.45) is 17.4 Å². The summed E-state index contributed by atoms with van der Waals surface area (Å²) in [5.41, 5.74) is 11.2. The van der Waals surface area contributed by atoms with Crippen molar-refractivity contribution in [1.29, 1.82) is 0 Å². The van der Waals surface area contributed by atoms with E-state index in [4.69, 9.17) is 16.2 Å². The van der Waals surface area contributed by atoms with Crippen molar-refractivity contribution in [3.63, 3.8) is 0 Å². The molecule has 0 bridgehead atoms. The first kappa shape index (κ1) is 18.9. The summed E-state index contributed by atoms with van der Waals surface area (Å²) in [7, 11) is 0. The second kappa shape index (κ2) is 10.6. The number of esters is 1. The molecule has 0 saturated heterocycles. The Kier molecular flexibility index (Phi) is 10.0. The van der Waals surface area contributed by atoms with Gasteiger partial charge >= 0.3 is 5.97 Å². The zero-order valence-electron chi connectivity index (χ0n) is 12.9. The lowest BCUT2D eigenvalue weighted by Crippen LogP contribution is -2.49. The Labute approximate surface area is 121 Å². The summed E-state index contributed by atoms with van der Waals surface area (Å²) in [5.74, 6) is -0.428. The Balaban J connectivity index is 4.39. The summed E-state index contributed by atoms with van der Waals surface area (Å²) >= 11 is 0. The standard InChI is InChI=1S/C14H29N3O3/c1-4-20-14(19)12(9-10(2)3)17-13(18)11(16)7-5-6-8-15/h10-12H,4-9,15-16H2,1-3H3,(H,17,18)/t11-,12-/m0/s1. The maximum Gasteiger partial charge on any atom is 0.328 e. The molecule has 1 amide bonds. The lowest BCUT2D eigenvalue weighted by atomic mass is 10.0. The van der Waals surface area contributed by atoms with Crippen molar-refractivity contribution in [3.8, 4) is 0 Å². The number of amides is 1. The number of ether oxygens (including phenoxy) is 1. The van der Waals surface area contributed by atoms with Gasteiger partial charge in [-0.1, -0.05) is 20.3 Å².